The molecule has 1 aromatic carbocycles. The van der Waals surface area contributed by atoms with E-state index in [2.05, 4.69) is 0 Å². The Balaban J connectivity index is 2.75. The van der Waals surface area contributed by atoms with E-state index in [1.165, 1.54) is 12.1 Å². The number of rotatable bonds is 6. The number of hydrogen-bond acceptors (Lipinski definition) is 2. The van der Waals surface area contributed by atoms with Gasteiger partial charge in [0.05, 0.1) is 12.2 Å². The van der Waals surface area contributed by atoms with E-state index in [1.54, 1.807) is 0 Å². The monoisotopic (exact) mass is 258 g/mol. The summed E-state index contributed by atoms with van der Waals surface area (Å²) in [5.74, 6) is -1.12. The highest BCUT2D eigenvalue weighted by Crippen LogP contribution is 2.17. The van der Waals surface area contributed by atoms with Crippen molar-refractivity contribution in [2.75, 3.05) is 6.61 Å². The Morgan fingerprint density at radius 1 is 1.17 bits per heavy atom. The Labute approximate surface area is 107 Å². The van der Waals surface area contributed by atoms with Crippen molar-refractivity contribution in [1.29, 1.82) is 0 Å². The fourth-order valence-corrected chi connectivity index (χ4v) is 2.03. The van der Waals surface area contributed by atoms with Gasteiger partial charge in [0.25, 0.3) is 0 Å². The van der Waals surface area contributed by atoms with Crippen LogP contribution < -0.4 is 0 Å². The Morgan fingerprint density at radius 3 is 2.17 bits per heavy atom. The first-order valence-corrected chi connectivity index (χ1v) is 6.18. The quantitative estimate of drug-likeness (QED) is 0.850. The molecule has 0 amide bonds. The van der Waals surface area contributed by atoms with Crippen LogP contribution >= 0.6 is 0 Å². The van der Waals surface area contributed by atoms with Gasteiger partial charge in [0.15, 0.2) is 0 Å². The zero-order valence-corrected chi connectivity index (χ0v) is 11.0. The van der Waals surface area contributed by atoms with Gasteiger partial charge in [-0.05, 0) is 30.5 Å². The molecule has 1 rings (SSSR count). The van der Waals surface area contributed by atoms with E-state index >= 15 is 0 Å². The van der Waals surface area contributed by atoms with E-state index in [4.69, 9.17) is 4.74 Å². The summed E-state index contributed by atoms with van der Waals surface area (Å²) in [6.07, 6.45) is -0.926. The van der Waals surface area contributed by atoms with Gasteiger partial charge in [0.1, 0.15) is 11.6 Å². The highest BCUT2D eigenvalue weighted by Gasteiger charge is 2.23. The molecule has 0 aliphatic rings. The van der Waals surface area contributed by atoms with Gasteiger partial charge >= 0.3 is 0 Å². The van der Waals surface area contributed by atoms with Crippen LogP contribution in [-0.4, -0.2) is 23.9 Å². The zero-order valence-electron chi connectivity index (χ0n) is 11.0. The highest BCUT2D eigenvalue weighted by atomic mass is 19.1. The van der Waals surface area contributed by atoms with Crippen LogP contribution in [0.15, 0.2) is 18.2 Å². The van der Waals surface area contributed by atoms with E-state index in [-0.39, 0.29) is 18.4 Å². The Bertz CT molecular complexity index is 360. The summed E-state index contributed by atoms with van der Waals surface area (Å²) < 4.78 is 31.5. The van der Waals surface area contributed by atoms with Crippen molar-refractivity contribution in [2.24, 2.45) is 5.92 Å². The molecule has 0 aliphatic heterocycles. The normalized spacial score (nSPS) is 14.8. The fourth-order valence-electron chi connectivity index (χ4n) is 2.03. The first-order chi connectivity index (χ1) is 8.43. The summed E-state index contributed by atoms with van der Waals surface area (Å²) in [4.78, 5) is 0. The Kier molecular flexibility index (Phi) is 5.69. The maximum absolute atomic E-state index is 13.0. The molecule has 0 spiro atoms. The van der Waals surface area contributed by atoms with Crippen LogP contribution in [0.25, 0.3) is 0 Å². The average Bonchev–Trinajstić information content (AvgIpc) is 2.23. The van der Waals surface area contributed by atoms with Crippen molar-refractivity contribution in [3.05, 3.63) is 35.4 Å². The van der Waals surface area contributed by atoms with Crippen molar-refractivity contribution in [3.8, 4) is 0 Å². The van der Waals surface area contributed by atoms with Gasteiger partial charge in [-0.1, -0.05) is 13.8 Å². The van der Waals surface area contributed by atoms with Crippen LogP contribution in [-0.2, 0) is 11.2 Å². The minimum atomic E-state index is -0.772. The van der Waals surface area contributed by atoms with Crippen LogP contribution in [0.2, 0.25) is 0 Å². The maximum Gasteiger partial charge on any atom is 0.126 e. The minimum Gasteiger partial charge on any atom is -0.390 e. The largest absolute Gasteiger partial charge is 0.390 e. The molecule has 0 saturated carbocycles. The Hall–Kier alpha value is -1.00. The molecule has 0 aromatic heterocycles. The molecule has 4 heteroatoms. The van der Waals surface area contributed by atoms with Crippen LogP contribution in [0.1, 0.15) is 26.3 Å². The van der Waals surface area contributed by atoms with Gasteiger partial charge < -0.3 is 9.84 Å². The van der Waals surface area contributed by atoms with Crippen molar-refractivity contribution < 1.29 is 18.6 Å². The summed E-state index contributed by atoms with van der Waals surface area (Å²) in [6, 6.07) is 3.28. The van der Waals surface area contributed by atoms with E-state index in [1.807, 2.05) is 20.8 Å². The Morgan fingerprint density at radius 2 is 1.72 bits per heavy atom. The molecular formula is C14H20F2O2. The van der Waals surface area contributed by atoms with Gasteiger partial charge in [-0.2, -0.15) is 0 Å². The second-order valence-corrected chi connectivity index (χ2v) is 4.71. The molecule has 0 radical (unpaired) electrons. The van der Waals surface area contributed by atoms with Crippen molar-refractivity contribution >= 4 is 0 Å². The van der Waals surface area contributed by atoms with Crippen LogP contribution in [0.3, 0.4) is 0 Å². The summed E-state index contributed by atoms with van der Waals surface area (Å²) in [7, 11) is 0. The average molecular weight is 258 g/mol. The summed E-state index contributed by atoms with van der Waals surface area (Å²) in [5.41, 5.74) is 0.436. The molecule has 0 fully saturated rings. The molecule has 0 saturated heterocycles. The number of halogens is 2. The number of ether oxygens (including phenoxy) is 1. The predicted octanol–water partition coefficient (Wildman–Crippen LogP) is 2.93. The second-order valence-electron chi connectivity index (χ2n) is 4.71. The van der Waals surface area contributed by atoms with Crippen molar-refractivity contribution in [2.45, 2.75) is 39.4 Å². The third-order valence-corrected chi connectivity index (χ3v) is 2.76. The second kappa shape index (κ2) is 6.81. The van der Waals surface area contributed by atoms with Gasteiger partial charge in [-0.15, -0.1) is 0 Å². The number of aliphatic hydroxyl groups excluding tert-OH is 1. The lowest BCUT2D eigenvalue weighted by Gasteiger charge is -2.26. The van der Waals surface area contributed by atoms with Gasteiger partial charge in [-0.25, -0.2) is 8.78 Å². The minimum absolute atomic E-state index is 0.137. The van der Waals surface area contributed by atoms with Crippen LogP contribution in [0.5, 0.6) is 0 Å². The molecule has 0 heterocycles. The molecule has 1 aromatic rings. The molecule has 1 N–H and O–H groups in total. The molecule has 0 bridgehead atoms. The lowest BCUT2D eigenvalue weighted by Crippen LogP contribution is -2.35. The van der Waals surface area contributed by atoms with Crippen LogP contribution in [0, 0.1) is 17.6 Å². The predicted molar refractivity (Wildman–Crippen MR) is 66.3 cm³/mol. The molecule has 102 valence electrons. The summed E-state index contributed by atoms with van der Waals surface area (Å²) >= 11 is 0. The van der Waals surface area contributed by atoms with E-state index in [0.717, 1.165) is 6.07 Å². The maximum atomic E-state index is 13.0. The summed E-state index contributed by atoms with van der Waals surface area (Å²) in [5, 5.41) is 10.1. The molecular weight excluding hydrogens is 238 g/mol. The number of hydrogen-bond donors (Lipinski definition) is 1. The van der Waals surface area contributed by atoms with E-state index in [9.17, 15) is 13.9 Å². The molecule has 0 aliphatic carbocycles. The van der Waals surface area contributed by atoms with Gasteiger partial charge in [0, 0.05) is 19.1 Å². The summed E-state index contributed by atoms with van der Waals surface area (Å²) in [6.45, 7) is 6.23. The lowest BCUT2D eigenvalue weighted by atomic mass is 9.96. The third kappa shape index (κ3) is 4.35. The SMILES string of the molecule is CCOC(C(C)C)C(O)Cc1cc(F)cc(F)c1. The smallest absolute Gasteiger partial charge is 0.126 e. The molecule has 2 nitrogen and oxygen atoms in total. The first-order valence-electron chi connectivity index (χ1n) is 6.18. The van der Waals surface area contributed by atoms with Gasteiger partial charge in [-0.3, -0.25) is 0 Å². The van der Waals surface area contributed by atoms with Crippen molar-refractivity contribution in [1.82, 2.24) is 0 Å². The standard InChI is InChI=1S/C14H20F2O2/c1-4-18-14(9(2)3)13(17)7-10-5-11(15)8-12(16)6-10/h5-6,8-9,13-14,17H,4,7H2,1-3H3. The van der Waals surface area contributed by atoms with Crippen molar-refractivity contribution in [3.63, 3.8) is 0 Å². The van der Waals surface area contributed by atoms with E-state index in [0.29, 0.717) is 12.2 Å². The third-order valence-electron chi connectivity index (χ3n) is 2.76. The topological polar surface area (TPSA) is 29.5 Å². The fraction of sp³-hybridized carbons (Fsp3) is 0.571. The number of aliphatic hydroxyl groups is 1. The first kappa shape index (κ1) is 15.1. The molecule has 2 atom stereocenters. The lowest BCUT2D eigenvalue weighted by molar-refractivity contribution is -0.0562. The number of benzene rings is 1. The molecule has 18 heavy (non-hydrogen) atoms. The zero-order chi connectivity index (χ0) is 13.7. The van der Waals surface area contributed by atoms with Gasteiger partial charge in [0.2, 0.25) is 0 Å². The molecule has 2 unspecified atom stereocenters. The highest BCUT2D eigenvalue weighted by molar-refractivity contribution is 5.18. The van der Waals surface area contributed by atoms with Crippen LogP contribution in [0.4, 0.5) is 8.78 Å². The van der Waals surface area contributed by atoms with E-state index < -0.39 is 17.7 Å².